The van der Waals surface area contributed by atoms with Crippen molar-refractivity contribution in [3.8, 4) is 0 Å². The standard InChI is InChI=1S/C40H69NO9/c1-3-5-7-9-11-13-15-17-19-21-23-25-37(45)48-32-33(49-38(46)26-24-22-20-18-16-14-12-10-8-6-4-2)31-41-36(44)29-30-39(47)50-40-34(42)27-28-35(40)43/h33,40H,3-32H2,1-2H3,(H,41,44)/t33-/m1/s1. The maximum Gasteiger partial charge on any atom is 0.307 e. The van der Waals surface area contributed by atoms with Gasteiger partial charge in [0.05, 0.1) is 13.0 Å². The Morgan fingerprint density at radius 1 is 0.560 bits per heavy atom. The zero-order chi connectivity index (χ0) is 36.7. The van der Waals surface area contributed by atoms with Gasteiger partial charge in [-0.15, -0.1) is 0 Å². The van der Waals surface area contributed by atoms with Gasteiger partial charge in [-0.3, -0.25) is 28.8 Å². The van der Waals surface area contributed by atoms with Crippen molar-refractivity contribution < 1.29 is 43.0 Å². The SMILES string of the molecule is CCCCCCCCCCCCCC(=O)OC[C@@H](CNC(=O)CCC(=O)OC1C(=O)CCC1=O)OC(=O)CCCCCCCCCCCCC. The van der Waals surface area contributed by atoms with E-state index < -0.39 is 41.6 Å². The fraction of sp³-hybridized carbons (Fsp3) is 0.850. The average Bonchev–Trinajstić information content (AvgIpc) is 3.41. The molecule has 1 N–H and O–H groups in total. The molecule has 1 fully saturated rings. The number of carbonyl (C=O) groups excluding carboxylic acids is 6. The van der Waals surface area contributed by atoms with Crippen molar-refractivity contribution in [2.24, 2.45) is 0 Å². The van der Waals surface area contributed by atoms with Crippen molar-refractivity contribution in [1.29, 1.82) is 0 Å². The van der Waals surface area contributed by atoms with Gasteiger partial charge in [0.15, 0.2) is 17.7 Å². The summed E-state index contributed by atoms with van der Waals surface area (Å²) >= 11 is 0. The number of unbranched alkanes of at least 4 members (excludes halogenated alkanes) is 20. The van der Waals surface area contributed by atoms with E-state index in [4.69, 9.17) is 14.2 Å². The van der Waals surface area contributed by atoms with Gasteiger partial charge in [-0.25, -0.2) is 0 Å². The highest BCUT2D eigenvalue weighted by atomic mass is 16.6. The van der Waals surface area contributed by atoms with Crippen molar-refractivity contribution in [3.63, 3.8) is 0 Å². The molecule has 0 spiro atoms. The quantitative estimate of drug-likeness (QED) is 0.0307. The van der Waals surface area contributed by atoms with E-state index in [0.29, 0.717) is 6.42 Å². The van der Waals surface area contributed by atoms with Crippen LogP contribution in [0.5, 0.6) is 0 Å². The average molecular weight is 708 g/mol. The molecule has 1 aliphatic carbocycles. The normalized spacial score (nSPS) is 13.7. The summed E-state index contributed by atoms with van der Waals surface area (Å²) in [6.45, 7) is 4.20. The summed E-state index contributed by atoms with van der Waals surface area (Å²) in [6, 6.07) is 0. The molecule has 0 heterocycles. The van der Waals surface area contributed by atoms with E-state index in [1.807, 2.05) is 0 Å². The van der Waals surface area contributed by atoms with Crippen LogP contribution in [0.2, 0.25) is 0 Å². The maximum atomic E-state index is 12.6. The van der Waals surface area contributed by atoms with Gasteiger partial charge in [0.25, 0.3) is 0 Å². The first-order valence-corrected chi connectivity index (χ1v) is 20.1. The Bertz CT molecular complexity index is 950. The first-order valence-electron chi connectivity index (χ1n) is 20.1. The summed E-state index contributed by atoms with van der Waals surface area (Å²) < 4.78 is 16.0. The van der Waals surface area contributed by atoms with Crippen LogP contribution < -0.4 is 5.32 Å². The minimum atomic E-state index is -1.37. The number of carbonyl (C=O) groups is 6. The molecule has 0 unspecified atom stereocenters. The molecule has 1 aliphatic rings. The zero-order valence-electron chi connectivity index (χ0n) is 31.5. The molecule has 1 saturated carbocycles. The number of nitrogens with one attached hydrogen (secondary N) is 1. The fourth-order valence-corrected chi connectivity index (χ4v) is 6.05. The maximum absolute atomic E-state index is 12.6. The molecule has 288 valence electrons. The van der Waals surface area contributed by atoms with Crippen molar-refractivity contribution in [2.45, 2.75) is 206 Å². The molecule has 50 heavy (non-hydrogen) atoms. The van der Waals surface area contributed by atoms with E-state index in [1.54, 1.807) is 0 Å². The highest BCUT2D eigenvalue weighted by Gasteiger charge is 2.36. The third-order valence-corrected chi connectivity index (χ3v) is 9.23. The van der Waals surface area contributed by atoms with Crippen LogP contribution >= 0.6 is 0 Å². The Morgan fingerprint density at radius 2 is 0.980 bits per heavy atom. The summed E-state index contributed by atoms with van der Waals surface area (Å²) in [7, 11) is 0. The lowest BCUT2D eigenvalue weighted by molar-refractivity contribution is -0.159. The Hall–Kier alpha value is -2.78. The Balaban J connectivity index is 2.37. The highest BCUT2D eigenvalue weighted by Crippen LogP contribution is 2.16. The Morgan fingerprint density at radius 3 is 1.44 bits per heavy atom. The van der Waals surface area contributed by atoms with Crippen molar-refractivity contribution >= 4 is 35.4 Å². The molecule has 0 aromatic rings. The minimum Gasteiger partial charge on any atom is -0.462 e. The molecule has 10 heteroatoms. The minimum absolute atomic E-state index is 0.0561. The summed E-state index contributed by atoms with van der Waals surface area (Å²) in [5.41, 5.74) is 0. The summed E-state index contributed by atoms with van der Waals surface area (Å²) in [5.74, 6) is -2.93. The van der Waals surface area contributed by atoms with Crippen LogP contribution in [-0.2, 0) is 43.0 Å². The van der Waals surface area contributed by atoms with Crippen LogP contribution in [0.4, 0.5) is 0 Å². The number of esters is 3. The number of rotatable bonds is 33. The number of ether oxygens (including phenoxy) is 3. The largest absolute Gasteiger partial charge is 0.462 e. The highest BCUT2D eigenvalue weighted by molar-refractivity contribution is 6.12. The van der Waals surface area contributed by atoms with Crippen molar-refractivity contribution in [1.82, 2.24) is 5.32 Å². The zero-order valence-corrected chi connectivity index (χ0v) is 31.5. The smallest absolute Gasteiger partial charge is 0.307 e. The molecular formula is C40H69NO9. The van der Waals surface area contributed by atoms with Crippen LogP contribution in [0.25, 0.3) is 0 Å². The van der Waals surface area contributed by atoms with E-state index in [1.165, 1.54) is 96.3 Å². The van der Waals surface area contributed by atoms with Crippen LogP contribution in [0, 0.1) is 0 Å². The Labute approximate surface area is 302 Å². The van der Waals surface area contributed by atoms with E-state index >= 15 is 0 Å². The number of hydrogen-bond donors (Lipinski definition) is 1. The topological polar surface area (TPSA) is 142 Å². The predicted octanol–water partition coefficient (Wildman–Crippen LogP) is 8.58. The molecule has 0 saturated heterocycles. The third-order valence-electron chi connectivity index (χ3n) is 9.23. The first kappa shape index (κ1) is 45.2. The van der Waals surface area contributed by atoms with Gasteiger partial charge in [-0.05, 0) is 12.8 Å². The van der Waals surface area contributed by atoms with Gasteiger partial charge < -0.3 is 19.5 Å². The lowest BCUT2D eigenvalue weighted by Crippen LogP contribution is -2.38. The number of amides is 1. The lowest BCUT2D eigenvalue weighted by Gasteiger charge is -2.19. The van der Waals surface area contributed by atoms with Crippen LogP contribution in [0.15, 0.2) is 0 Å². The molecule has 0 radical (unpaired) electrons. The molecular weight excluding hydrogens is 638 g/mol. The van der Waals surface area contributed by atoms with Crippen molar-refractivity contribution in [2.75, 3.05) is 13.2 Å². The van der Waals surface area contributed by atoms with Crippen LogP contribution in [-0.4, -0.2) is 60.7 Å². The second-order valence-corrected chi connectivity index (χ2v) is 14.0. The van der Waals surface area contributed by atoms with Crippen LogP contribution in [0.1, 0.15) is 194 Å². The first-order chi connectivity index (χ1) is 24.3. The molecule has 10 nitrogen and oxygen atoms in total. The molecule has 1 amide bonds. The molecule has 1 atom stereocenters. The predicted molar refractivity (Wildman–Crippen MR) is 194 cm³/mol. The van der Waals surface area contributed by atoms with Gasteiger partial charge in [-0.2, -0.15) is 0 Å². The van der Waals surface area contributed by atoms with E-state index in [-0.39, 0.29) is 57.6 Å². The third kappa shape index (κ3) is 25.2. The van der Waals surface area contributed by atoms with Gasteiger partial charge in [0, 0.05) is 32.1 Å². The molecule has 0 bridgehead atoms. The second-order valence-electron chi connectivity index (χ2n) is 14.0. The molecule has 1 rings (SSSR count). The summed E-state index contributed by atoms with van der Waals surface area (Å²) in [6.07, 6.45) is 23.8. The van der Waals surface area contributed by atoms with E-state index in [9.17, 15) is 28.8 Å². The number of ketones is 2. The lowest BCUT2D eigenvalue weighted by atomic mass is 10.1. The number of Topliss-reactive ketones (excluding diaryl/α,β-unsaturated/α-hetero) is 2. The van der Waals surface area contributed by atoms with E-state index in [2.05, 4.69) is 19.2 Å². The fourth-order valence-electron chi connectivity index (χ4n) is 6.05. The number of hydrogen-bond acceptors (Lipinski definition) is 9. The van der Waals surface area contributed by atoms with Gasteiger partial charge in [0.1, 0.15) is 6.61 Å². The van der Waals surface area contributed by atoms with Gasteiger partial charge >= 0.3 is 17.9 Å². The molecule has 0 aromatic carbocycles. The summed E-state index contributed by atoms with van der Waals surface area (Å²) in [5, 5.41) is 2.63. The van der Waals surface area contributed by atoms with Gasteiger partial charge in [-0.1, -0.05) is 142 Å². The van der Waals surface area contributed by atoms with Crippen molar-refractivity contribution in [3.05, 3.63) is 0 Å². The van der Waals surface area contributed by atoms with Gasteiger partial charge in [0.2, 0.25) is 12.0 Å². The van der Waals surface area contributed by atoms with E-state index in [0.717, 1.165) is 38.5 Å². The van der Waals surface area contributed by atoms with Crippen LogP contribution in [0.3, 0.4) is 0 Å². The monoisotopic (exact) mass is 707 g/mol. The Kier molecular flexibility index (Phi) is 28.0. The second kappa shape index (κ2) is 31.0. The summed E-state index contributed by atoms with van der Waals surface area (Å²) in [4.78, 5) is 73.0. The molecule has 0 aromatic heterocycles. The molecule has 0 aliphatic heterocycles.